The number of nitrogens with one attached hydrogen (secondary N) is 1. The molecule has 0 unspecified atom stereocenters. The summed E-state index contributed by atoms with van der Waals surface area (Å²) in [7, 11) is 1.60. The molecule has 0 spiro atoms. The Bertz CT molecular complexity index is 453. The zero-order chi connectivity index (χ0) is 15.1. The van der Waals surface area contributed by atoms with Gasteiger partial charge in [0.25, 0.3) is 5.91 Å². The summed E-state index contributed by atoms with van der Waals surface area (Å²) >= 11 is 0. The van der Waals surface area contributed by atoms with E-state index in [4.69, 9.17) is 9.47 Å². The molecule has 0 bridgehead atoms. The van der Waals surface area contributed by atoms with Gasteiger partial charge in [0.05, 0.1) is 13.0 Å². The van der Waals surface area contributed by atoms with E-state index in [2.05, 4.69) is 5.32 Å². The molecule has 0 aliphatic heterocycles. The Hall–Kier alpha value is -2.04. The van der Waals surface area contributed by atoms with Gasteiger partial charge in [0, 0.05) is 6.54 Å². The molecule has 0 fully saturated rings. The lowest BCUT2D eigenvalue weighted by atomic mass is 10.2. The Kier molecular flexibility index (Phi) is 6.03. The van der Waals surface area contributed by atoms with Crippen molar-refractivity contribution in [3.05, 3.63) is 29.8 Å². The van der Waals surface area contributed by atoms with Crippen molar-refractivity contribution in [1.29, 1.82) is 0 Å². The van der Waals surface area contributed by atoms with Crippen LogP contribution in [0.1, 0.15) is 26.3 Å². The molecular weight excluding hydrogens is 258 g/mol. The molecule has 110 valence electrons. The van der Waals surface area contributed by atoms with E-state index in [9.17, 15) is 9.59 Å². The van der Waals surface area contributed by atoms with Crippen LogP contribution in [-0.2, 0) is 20.9 Å². The van der Waals surface area contributed by atoms with Gasteiger partial charge in [0.2, 0.25) is 0 Å². The average Bonchev–Trinajstić information content (AvgIpc) is 2.44. The van der Waals surface area contributed by atoms with Crippen LogP contribution in [0.5, 0.6) is 5.75 Å². The van der Waals surface area contributed by atoms with Crippen LogP contribution in [0.4, 0.5) is 0 Å². The molecule has 1 rings (SSSR count). The van der Waals surface area contributed by atoms with E-state index in [-0.39, 0.29) is 17.8 Å². The van der Waals surface area contributed by atoms with E-state index in [1.165, 1.54) is 0 Å². The van der Waals surface area contributed by atoms with Crippen LogP contribution in [0.15, 0.2) is 24.3 Å². The fraction of sp³-hybridized carbons (Fsp3) is 0.467. The summed E-state index contributed by atoms with van der Waals surface area (Å²) in [6.07, 6.45) is -0.789. The average molecular weight is 279 g/mol. The molecule has 0 aromatic heterocycles. The van der Waals surface area contributed by atoms with Crippen LogP contribution in [0.2, 0.25) is 0 Å². The Morgan fingerprint density at radius 3 is 2.25 bits per heavy atom. The van der Waals surface area contributed by atoms with Crippen molar-refractivity contribution in [3.8, 4) is 5.75 Å². The normalized spacial score (nSPS) is 11.8. The predicted molar refractivity (Wildman–Crippen MR) is 75.2 cm³/mol. The molecule has 0 heterocycles. The monoisotopic (exact) mass is 279 g/mol. The first-order valence-electron chi connectivity index (χ1n) is 6.55. The number of methoxy groups -OCH3 is 1. The first-order chi connectivity index (χ1) is 9.43. The molecule has 1 N–H and O–H groups in total. The summed E-state index contributed by atoms with van der Waals surface area (Å²) < 4.78 is 10.1. The van der Waals surface area contributed by atoms with Gasteiger partial charge in [-0.2, -0.15) is 0 Å². The second-order valence-electron chi connectivity index (χ2n) is 4.80. The Labute approximate surface area is 119 Å². The number of benzene rings is 1. The molecule has 1 atom stereocenters. The Morgan fingerprint density at radius 1 is 1.15 bits per heavy atom. The highest BCUT2D eigenvalue weighted by molar-refractivity contribution is 5.83. The minimum Gasteiger partial charge on any atom is -0.497 e. The molecule has 0 saturated heterocycles. The summed E-state index contributed by atoms with van der Waals surface area (Å²) in [6, 6.07) is 7.38. The second kappa shape index (κ2) is 7.53. The second-order valence-corrected chi connectivity index (χ2v) is 4.80. The molecule has 0 radical (unpaired) electrons. The molecule has 5 heteroatoms. The van der Waals surface area contributed by atoms with E-state index in [0.717, 1.165) is 11.3 Å². The summed E-state index contributed by atoms with van der Waals surface area (Å²) in [6.45, 7) is 5.39. The zero-order valence-corrected chi connectivity index (χ0v) is 12.3. The van der Waals surface area contributed by atoms with Crippen molar-refractivity contribution in [2.75, 3.05) is 7.11 Å². The summed E-state index contributed by atoms with van der Waals surface area (Å²) in [5, 5.41) is 2.72. The lowest BCUT2D eigenvalue weighted by molar-refractivity contribution is -0.157. The molecule has 0 aliphatic rings. The highest BCUT2D eigenvalue weighted by atomic mass is 16.5. The van der Waals surface area contributed by atoms with Gasteiger partial charge in [0.15, 0.2) is 6.10 Å². The van der Waals surface area contributed by atoms with Gasteiger partial charge in [0.1, 0.15) is 5.75 Å². The van der Waals surface area contributed by atoms with E-state index in [1.54, 1.807) is 27.9 Å². The van der Waals surface area contributed by atoms with Crippen LogP contribution >= 0.6 is 0 Å². The Balaban J connectivity index is 2.43. The van der Waals surface area contributed by atoms with Gasteiger partial charge in [-0.15, -0.1) is 0 Å². The van der Waals surface area contributed by atoms with Crippen molar-refractivity contribution in [1.82, 2.24) is 5.32 Å². The number of rotatable bonds is 6. The Morgan fingerprint density at radius 2 is 1.75 bits per heavy atom. The third-order valence-corrected chi connectivity index (χ3v) is 2.76. The molecule has 1 aromatic carbocycles. The molecular formula is C15H21NO4. The van der Waals surface area contributed by atoms with Crippen LogP contribution in [-0.4, -0.2) is 25.1 Å². The highest BCUT2D eigenvalue weighted by Crippen LogP contribution is 2.11. The van der Waals surface area contributed by atoms with E-state index < -0.39 is 6.10 Å². The van der Waals surface area contributed by atoms with Crippen molar-refractivity contribution < 1.29 is 19.1 Å². The molecule has 20 heavy (non-hydrogen) atoms. The first kappa shape index (κ1) is 16.0. The van der Waals surface area contributed by atoms with Crippen molar-refractivity contribution in [2.24, 2.45) is 5.92 Å². The largest absolute Gasteiger partial charge is 0.497 e. The molecule has 1 aromatic rings. The van der Waals surface area contributed by atoms with Gasteiger partial charge in [-0.05, 0) is 24.6 Å². The molecule has 1 amide bonds. The quantitative estimate of drug-likeness (QED) is 0.808. The van der Waals surface area contributed by atoms with Crippen LogP contribution in [0.3, 0.4) is 0 Å². The smallest absolute Gasteiger partial charge is 0.309 e. The third kappa shape index (κ3) is 4.91. The predicted octanol–water partition coefficient (Wildman–Crippen LogP) is 1.90. The fourth-order valence-electron chi connectivity index (χ4n) is 1.44. The number of amides is 1. The number of carbonyl (C=O) groups is 2. The van der Waals surface area contributed by atoms with Crippen molar-refractivity contribution in [2.45, 2.75) is 33.4 Å². The maximum Gasteiger partial charge on any atom is 0.309 e. The fourth-order valence-corrected chi connectivity index (χ4v) is 1.44. The van der Waals surface area contributed by atoms with E-state index >= 15 is 0 Å². The van der Waals surface area contributed by atoms with Crippen molar-refractivity contribution >= 4 is 11.9 Å². The highest BCUT2D eigenvalue weighted by Gasteiger charge is 2.19. The molecule has 5 nitrogen and oxygen atoms in total. The van der Waals surface area contributed by atoms with Gasteiger partial charge in [-0.1, -0.05) is 26.0 Å². The number of hydrogen-bond donors (Lipinski definition) is 1. The van der Waals surface area contributed by atoms with Gasteiger partial charge < -0.3 is 14.8 Å². The number of esters is 1. The number of carbonyl (C=O) groups excluding carboxylic acids is 2. The lowest BCUT2D eigenvalue weighted by Crippen LogP contribution is -2.36. The van der Waals surface area contributed by atoms with Gasteiger partial charge in [-0.3, -0.25) is 9.59 Å². The third-order valence-electron chi connectivity index (χ3n) is 2.76. The van der Waals surface area contributed by atoms with Gasteiger partial charge >= 0.3 is 5.97 Å². The first-order valence-corrected chi connectivity index (χ1v) is 6.55. The number of hydrogen-bond acceptors (Lipinski definition) is 4. The lowest BCUT2D eigenvalue weighted by Gasteiger charge is -2.15. The summed E-state index contributed by atoms with van der Waals surface area (Å²) in [4.78, 5) is 23.2. The molecule has 0 aliphatic carbocycles. The minimum atomic E-state index is -0.789. The van der Waals surface area contributed by atoms with Crippen LogP contribution in [0.25, 0.3) is 0 Å². The van der Waals surface area contributed by atoms with E-state index in [0.29, 0.717) is 6.54 Å². The maximum absolute atomic E-state index is 11.8. The summed E-state index contributed by atoms with van der Waals surface area (Å²) in [5.74, 6) is -0.168. The standard InChI is InChI=1S/C15H21NO4/c1-10(2)15(18)20-11(3)14(17)16-9-12-5-7-13(19-4)8-6-12/h5-8,10-11H,9H2,1-4H3,(H,16,17)/t11-/m0/s1. The topological polar surface area (TPSA) is 64.6 Å². The van der Waals surface area contributed by atoms with Crippen LogP contribution in [0, 0.1) is 5.92 Å². The number of ether oxygens (including phenoxy) is 2. The zero-order valence-electron chi connectivity index (χ0n) is 12.3. The van der Waals surface area contributed by atoms with Crippen molar-refractivity contribution in [3.63, 3.8) is 0 Å². The minimum absolute atomic E-state index is 0.244. The summed E-state index contributed by atoms with van der Waals surface area (Å²) in [5.41, 5.74) is 0.946. The maximum atomic E-state index is 11.8. The SMILES string of the molecule is COc1ccc(CNC(=O)[C@H](C)OC(=O)C(C)C)cc1. The molecule has 0 saturated carbocycles. The van der Waals surface area contributed by atoms with Gasteiger partial charge in [-0.25, -0.2) is 0 Å². The van der Waals surface area contributed by atoms with E-state index in [1.807, 2.05) is 24.3 Å². The van der Waals surface area contributed by atoms with Crippen LogP contribution < -0.4 is 10.1 Å².